The smallest absolute Gasteiger partial charge is 0.259 e. The zero-order chi connectivity index (χ0) is 17.1. The van der Waals surface area contributed by atoms with Gasteiger partial charge in [0.2, 0.25) is 0 Å². The fourth-order valence-corrected chi connectivity index (χ4v) is 3.80. The van der Waals surface area contributed by atoms with E-state index in [1.807, 2.05) is 30.3 Å². The van der Waals surface area contributed by atoms with Crippen molar-refractivity contribution < 1.29 is 4.79 Å². The molecule has 1 amide bonds. The molecule has 2 N–H and O–H groups in total. The minimum absolute atomic E-state index is 0.160. The zero-order valence-corrected chi connectivity index (χ0v) is 14.5. The molecule has 0 spiro atoms. The summed E-state index contributed by atoms with van der Waals surface area (Å²) >= 11 is 1.54. The van der Waals surface area contributed by atoms with Gasteiger partial charge in [0.05, 0.1) is 16.8 Å². The van der Waals surface area contributed by atoms with Gasteiger partial charge < -0.3 is 5.32 Å². The molecule has 1 heterocycles. The highest BCUT2D eigenvalue weighted by Crippen LogP contribution is 2.25. The third-order valence-corrected chi connectivity index (χ3v) is 5.22. The van der Waals surface area contributed by atoms with Crippen LogP contribution in [0.15, 0.2) is 53.6 Å². The Bertz CT molecular complexity index is 914. The summed E-state index contributed by atoms with van der Waals surface area (Å²) in [5, 5.41) is 8.11. The van der Waals surface area contributed by atoms with E-state index in [2.05, 4.69) is 39.0 Å². The predicted molar refractivity (Wildman–Crippen MR) is 102 cm³/mol. The van der Waals surface area contributed by atoms with Crippen molar-refractivity contribution >= 4 is 38.3 Å². The average molecular weight is 350 g/mol. The highest BCUT2D eigenvalue weighted by molar-refractivity contribution is 7.22. The molecule has 1 aliphatic carbocycles. The Hall–Kier alpha value is -2.73. The summed E-state index contributed by atoms with van der Waals surface area (Å²) in [6.45, 7) is 0.160. The van der Waals surface area contributed by atoms with Gasteiger partial charge in [-0.15, -0.1) is 0 Å². The van der Waals surface area contributed by atoms with Gasteiger partial charge in [-0.3, -0.25) is 4.79 Å². The van der Waals surface area contributed by atoms with Crippen molar-refractivity contribution in [3.8, 4) is 0 Å². The number of aryl methyl sites for hydroxylation is 1. The molecule has 5 nitrogen and oxygen atoms in total. The lowest BCUT2D eigenvalue weighted by Crippen LogP contribution is -2.28. The van der Waals surface area contributed by atoms with E-state index in [0.29, 0.717) is 0 Å². The van der Waals surface area contributed by atoms with Gasteiger partial charge in [-0.1, -0.05) is 47.7 Å². The first-order valence-electron chi connectivity index (χ1n) is 8.28. The van der Waals surface area contributed by atoms with E-state index in [1.165, 1.54) is 22.5 Å². The van der Waals surface area contributed by atoms with Crippen molar-refractivity contribution in [2.24, 2.45) is 5.10 Å². The van der Waals surface area contributed by atoms with E-state index in [9.17, 15) is 4.79 Å². The first kappa shape index (κ1) is 15.8. The summed E-state index contributed by atoms with van der Waals surface area (Å²) in [5.41, 5.74) is 7.29. The second-order valence-electron chi connectivity index (χ2n) is 6.00. The summed E-state index contributed by atoms with van der Waals surface area (Å²) in [6, 6.07) is 16.3. The van der Waals surface area contributed by atoms with Crippen molar-refractivity contribution in [1.82, 2.24) is 10.4 Å². The zero-order valence-electron chi connectivity index (χ0n) is 13.7. The van der Waals surface area contributed by atoms with Crippen LogP contribution in [0.25, 0.3) is 10.2 Å². The molecule has 0 unspecified atom stereocenters. The highest BCUT2D eigenvalue weighted by atomic mass is 32.1. The van der Waals surface area contributed by atoms with E-state index < -0.39 is 0 Å². The Labute approximate surface area is 149 Å². The van der Waals surface area contributed by atoms with Crippen LogP contribution in [0.2, 0.25) is 0 Å². The molecule has 0 atom stereocenters. The van der Waals surface area contributed by atoms with Crippen LogP contribution in [0.3, 0.4) is 0 Å². The van der Waals surface area contributed by atoms with Gasteiger partial charge in [-0.05, 0) is 36.1 Å². The molecule has 3 aromatic rings. The molecule has 1 aromatic heterocycles. The third kappa shape index (κ3) is 3.69. The molecule has 1 aliphatic rings. The number of hydrazone groups is 1. The van der Waals surface area contributed by atoms with Gasteiger partial charge in [0.1, 0.15) is 0 Å². The summed E-state index contributed by atoms with van der Waals surface area (Å²) in [5.74, 6) is -0.161. The minimum Gasteiger partial charge on any atom is -0.352 e. The van der Waals surface area contributed by atoms with Gasteiger partial charge >= 0.3 is 0 Å². The number of fused-ring (bicyclic) bond motifs is 2. The number of hydrogen-bond donors (Lipinski definition) is 2. The summed E-state index contributed by atoms with van der Waals surface area (Å²) in [7, 11) is 0. The predicted octanol–water partition coefficient (Wildman–Crippen LogP) is 3.37. The summed E-state index contributed by atoms with van der Waals surface area (Å²) in [4.78, 5) is 16.5. The van der Waals surface area contributed by atoms with Crippen LogP contribution in [-0.4, -0.2) is 23.1 Å². The van der Waals surface area contributed by atoms with Gasteiger partial charge in [-0.2, -0.15) is 5.10 Å². The van der Waals surface area contributed by atoms with Crippen LogP contribution < -0.4 is 10.7 Å². The molecule has 0 bridgehead atoms. The Morgan fingerprint density at radius 1 is 1.08 bits per heavy atom. The number of carbonyl (C=O) groups is 1. The largest absolute Gasteiger partial charge is 0.352 e. The number of benzene rings is 2. The van der Waals surface area contributed by atoms with Gasteiger partial charge in [0, 0.05) is 12.1 Å². The number of para-hydroxylation sites is 1. The van der Waals surface area contributed by atoms with Crippen molar-refractivity contribution in [3.05, 3.63) is 59.7 Å². The summed E-state index contributed by atoms with van der Waals surface area (Å²) < 4.78 is 1.10. The molecular formula is C19H18N4OS. The number of hydrogen-bond acceptors (Lipinski definition) is 5. The molecule has 0 fully saturated rings. The number of amides is 1. The lowest BCUT2D eigenvalue weighted by atomic mass is 9.90. The van der Waals surface area contributed by atoms with Crippen LogP contribution in [0, 0.1) is 0 Å². The number of anilines is 1. The Morgan fingerprint density at radius 2 is 1.88 bits per heavy atom. The van der Waals surface area contributed by atoms with Crippen LogP contribution >= 0.6 is 11.3 Å². The fraction of sp³-hybridized carbons (Fsp3) is 0.211. The number of nitrogens with zero attached hydrogens (tertiary/aromatic N) is 2. The third-order valence-electron chi connectivity index (χ3n) is 4.23. The van der Waals surface area contributed by atoms with Crippen LogP contribution in [-0.2, 0) is 17.6 Å². The molecule has 4 rings (SSSR count). The first-order valence-corrected chi connectivity index (χ1v) is 9.10. The van der Waals surface area contributed by atoms with Crippen LogP contribution in [0.5, 0.6) is 0 Å². The fourth-order valence-electron chi connectivity index (χ4n) is 2.94. The second kappa shape index (κ2) is 7.03. The molecule has 126 valence electrons. The van der Waals surface area contributed by atoms with E-state index >= 15 is 0 Å². The minimum atomic E-state index is -0.161. The highest BCUT2D eigenvalue weighted by Gasteiger charge is 2.14. The molecule has 0 radical (unpaired) electrons. The molecular weight excluding hydrogens is 332 g/mol. The Balaban J connectivity index is 1.32. The average Bonchev–Trinajstić information content (AvgIpc) is 3.07. The molecule has 0 aliphatic heterocycles. The number of thiazole rings is 1. The number of nitrogens with one attached hydrogen (secondary N) is 2. The molecule has 6 heteroatoms. The first-order chi connectivity index (χ1) is 12.3. The Kier molecular flexibility index (Phi) is 4.43. The molecule has 0 saturated carbocycles. The maximum absolute atomic E-state index is 12.0. The van der Waals surface area contributed by atoms with E-state index in [0.717, 1.165) is 40.3 Å². The molecule has 25 heavy (non-hydrogen) atoms. The lowest BCUT2D eigenvalue weighted by molar-refractivity contribution is -0.119. The van der Waals surface area contributed by atoms with Gasteiger partial charge in [0.15, 0.2) is 5.13 Å². The molecule has 2 aromatic carbocycles. The number of aromatic nitrogens is 1. The normalized spacial score (nSPS) is 15.1. The van der Waals surface area contributed by atoms with Crippen LogP contribution in [0.1, 0.15) is 17.5 Å². The van der Waals surface area contributed by atoms with Gasteiger partial charge in [0.25, 0.3) is 5.91 Å². The van der Waals surface area contributed by atoms with E-state index in [-0.39, 0.29) is 12.5 Å². The lowest BCUT2D eigenvalue weighted by Gasteiger charge is -2.17. The van der Waals surface area contributed by atoms with Crippen molar-refractivity contribution in [2.75, 3.05) is 11.9 Å². The number of rotatable bonds is 4. The van der Waals surface area contributed by atoms with Gasteiger partial charge in [-0.25, -0.2) is 10.4 Å². The quantitative estimate of drug-likeness (QED) is 0.709. The van der Waals surface area contributed by atoms with E-state index in [4.69, 9.17) is 0 Å². The second-order valence-corrected chi connectivity index (χ2v) is 7.03. The maximum Gasteiger partial charge on any atom is 0.259 e. The van der Waals surface area contributed by atoms with Crippen molar-refractivity contribution in [3.63, 3.8) is 0 Å². The van der Waals surface area contributed by atoms with Crippen molar-refractivity contribution in [2.45, 2.75) is 19.3 Å². The number of carbonyl (C=O) groups excluding carboxylic acids is 1. The maximum atomic E-state index is 12.0. The topological polar surface area (TPSA) is 66.4 Å². The van der Waals surface area contributed by atoms with Crippen LogP contribution in [0.4, 0.5) is 5.13 Å². The summed E-state index contributed by atoms with van der Waals surface area (Å²) in [6.07, 6.45) is 2.68. The standard InChI is InChI=1S/C19H18N4OS/c24-18(12-20-19-21-16-7-3-4-8-17(16)25-19)23-22-15-10-9-13-5-1-2-6-14(13)11-15/h1-8H,9-12H2,(H,20,21)(H,23,24)/b22-15+. The van der Waals surface area contributed by atoms with E-state index in [1.54, 1.807) is 0 Å². The Morgan fingerprint density at radius 3 is 2.76 bits per heavy atom. The van der Waals surface area contributed by atoms with Crippen molar-refractivity contribution in [1.29, 1.82) is 0 Å². The SMILES string of the molecule is O=C(CNc1nc2ccccc2s1)N/N=C1\CCc2ccccc2C1. The molecule has 0 saturated heterocycles. The monoisotopic (exact) mass is 350 g/mol.